The van der Waals surface area contributed by atoms with E-state index < -0.39 is 0 Å². The van der Waals surface area contributed by atoms with Gasteiger partial charge in [0.15, 0.2) is 0 Å². The number of amides is 1. The van der Waals surface area contributed by atoms with Crippen molar-refractivity contribution in [3.8, 4) is 0 Å². The molecule has 1 unspecified atom stereocenters. The SMILES string of the molecule is CCCC1(C(=O)NCc2ccn[nH]2)CCCNC1. The number of H-pyrrole nitrogens is 1. The number of carbonyl (C=O) groups excluding carboxylic acids is 1. The Kier molecular flexibility index (Phi) is 4.36. The Hall–Kier alpha value is -1.36. The van der Waals surface area contributed by atoms with Gasteiger partial charge in [-0.15, -0.1) is 0 Å². The first-order valence-corrected chi connectivity index (χ1v) is 6.74. The van der Waals surface area contributed by atoms with Gasteiger partial charge in [0, 0.05) is 12.7 Å². The maximum Gasteiger partial charge on any atom is 0.227 e. The van der Waals surface area contributed by atoms with Gasteiger partial charge in [-0.3, -0.25) is 9.89 Å². The molecule has 2 heterocycles. The van der Waals surface area contributed by atoms with E-state index >= 15 is 0 Å². The van der Waals surface area contributed by atoms with Crippen LogP contribution in [-0.4, -0.2) is 29.2 Å². The second-order valence-corrected chi connectivity index (χ2v) is 5.08. The average molecular weight is 250 g/mol. The van der Waals surface area contributed by atoms with Crippen LogP contribution in [0.5, 0.6) is 0 Å². The highest BCUT2D eigenvalue weighted by Crippen LogP contribution is 2.31. The molecule has 0 aliphatic carbocycles. The molecule has 1 saturated heterocycles. The van der Waals surface area contributed by atoms with Crippen LogP contribution < -0.4 is 10.6 Å². The van der Waals surface area contributed by atoms with Crippen molar-refractivity contribution in [1.82, 2.24) is 20.8 Å². The molecule has 1 fully saturated rings. The molecule has 1 aromatic heterocycles. The predicted octanol–water partition coefficient (Wildman–Crippen LogP) is 1.20. The molecule has 18 heavy (non-hydrogen) atoms. The van der Waals surface area contributed by atoms with Gasteiger partial charge in [-0.05, 0) is 31.9 Å². The van der Waals surface area contributed by atoms with Crippen LogP contribution in [0.15, 0.2) is 12.3 Å². The summed E-state index contributed by atoms with van der Waals surface area (Å²) in [6.07, 6.45) is 5.76. The zero-order valence-corrected chi connectivity index (χ0v) is 11.0. The minimum Gasteiger partial charge on any atom is -0.350 e. The second-order valence-electron chi connectivity index (χ2n) is 5.08. The van der Waals surface area contributed by atoms with E-state index in [-0.39, 0.29) is 11.3 Å². The van der Waals surface area contributed by atoms with E-state index in [2.05, 4.69) is 27.8 Å². The van der Waals surface area contributed by atoms with Crippen molar-refractivity contribution in [2.45, 2.75) is 39.2 Å². The lowest BCUT2D eigenvalue weighted by Crippen LogP contribution is -2.50. The van der Waals surface area contributed by atoms with Gasteiger partial charge in [0.25, 0.3) is 0 Å². The molecular formula is C13H22N4O. The summed E-state index contributed by atoms with van der Waals surface area (Å²) in [5.41, 5.74) is 0.728. The molecule has 1 aliphatic heterocycles. The zero-order valence-electron chi connectivity index (χ0n) is 11.0. The van der Waals surface area contributed by atoms with Crippen molar-refractivity contribution in [2.75, 3.05) is 13.1 Å². The van der Waals surface area contributed by atoms with Gasteiger partial charge < -0.3 is 10.6 Å². The molecule has 1 aliphatic rings. The molecule has 0 radical (unpaired) electrons. The summed E-state index contributed by atoms with van der Waals surface area (Å²) >= 11 is 0. The lowest BCUT2D eigenvalue weighted by molar-refractivity contribution is -0.132. The van der Waals surface area contributed by atoms with Crippen LogP contribution in [0.2, 0.25) is 0 Å². The van der Waals surface area contributed by atoms with E-state index in [1.165, 1.54) is 0 Å². The van der Waals surface area contributed by atoms with Crippen LogP contribution in [0.25, 0.3) is 0 Å². The molecule has 0 saturated carbocycles. The average Bonchev–Trinajstić information content (AvgIpc) is 2.90. The summed E-state index contributed by atoms with van der Waals surface area (Å²) in [5, 5.41) is 13.1. The van der Waals surface area contributed by atoms with Crippen LogP contribution in [0.1, 0.15) is 38.3 Å². The molecule has 0 spiro atoms. The number of nitrogens with zero attached hydrogens (tertiary/aromatic N) is 1. The van der Waals surface area contributed by atoms with Gasteiger partial charge in [0.05, 0.1) is 17.7 Å². The summed E-state index contributed by atoms with van der Waals surface area (Å²) in [5.74, 6) is 0.172. The standard InChI is InChI=1S/C13H22N4O/c1-2-5-13(6-3-7-14-10-13)12(18)15-9-11-4-8-16-17-11/h4,8,14H,2-3,5-7,9-10H2,1H3,(H,15,18)(H,16,17). The topological polar surface area (TPSA) is 69.8 Å². The van der Waals surface area contributed by atoms with Gasteiger partial charge in [-0.25, -0.2) is 0 Å². The second kappa shape index (κ2) is 6.00. The molecule has 5 nitrogen and oxygen atoms in total. The Morgan fingerprint density at radius 2 is 2.50 bits per heavy atom. The number of hydrogen-bond acceptors (Lipinski definition) is 3. The fourth-order valence-electron chi connectivity index (χ4n) is 2.71. The van der Waals surface area contributed by atoms with Crippen molar-refractivity contribution in [3.05, 3.63) is 18.0 Å². The van der Waals surface area contributed by atoms with Crippen molar-refractivity contribution in [2.24, 2.45) is 5.41 Å². The van der Waals surface area contributed by atoms with Crippen LogP contribution in [0.4, 0.5) is 0 Å². The minimum absolute atomic E-state index is 0.172. The summed E-state index contributed by atoms with van der Waals surface area (Å²) in [6, 6.07) is 1.88. The molecule has 1 amide bonds. The molecular weight excluding hydrogens is 228 g/mol. The third-order valence-electron chi connectivity index (χ3n) is 3.68. The highest BCUT2D eigenvalue weighted by Gasteiger charge is 2.38. The fraction of sp³-hybridized carbons (Fsp3) is 0.692. The first kappa shape index (κ1) is 13.1. The van der Waals surface area contributed by atoms with E-state index in [0.717, 1.165) is 44.5 Å². The van der Waals surface area contributed by atoms with Crippen LogP contribution in [-0.2, 0) is 11.3 Å². The van der Waals surface area contributed by atoms with E-state index in [1.54, 1.807) is 6.20 Å². The van der Waals surface area contributed by atoms with E-state index in [4.69, 9.17) is 0 Å². The quantitative estimate of drug-likeness (QED) is 0.735. The van der Waals surface area contributed by atoms with Crippen molar-refractivity contribution < 1.29 is 4.79 Å². The number of piperidine rings is 1. The van der Waals surface area contributed by atoms with Crippen LogP contribution in [0.3, 0.4) is 0 Å². The molecule has 0 bridgehead atoms. The van der Waals surface area contributed by atoms with Gasteiger partial charge in [-0.1, -0.05) is 13.3 Å². The Morgan fingerprint density at radius 3 is 3.11 bits per heavy atom. The molecule has 1 aromatic rings. The largest absolute Gasteiger partial charge is 0.350 e. The Labute approximate surface area is 108 Å². The number of rotatable bonds is 5. The van der Waals surface area contributed by atoms with Gasteiger partial charge in [0.1, 0.15) is 0 Å². The summed E-state index contributed by atoms with van der Waals surface area (Å²) in [7, 11) is 0. The molecule has 5 heteroatoms. The summed E-state index contributed by atoms with van der Waals surface area (Å²) < 4.78 is 0. The van der Waals surface area contributed by atoms with Crippen LogP contribution >= 0.6 is 0 Å². The number of aromatic amines is 1. The lowest BCUT2D eigenvalue weighted by atomic mass is 9.76. The number of hydrogen-bond donors (Lipinski definition) is 3. The lowest BCUT2D eigenvalue weighted by Gasteiger charge is -2.36. The molecule has 2 rings (SSSR count). The first-order valence-electron chi connectivity index (χ1n) is 6.74. The Bertz CT molecular complexity index is 363. The third-order valence-corrected chi connectivity index (χ3v) is 3.68. The third kappa shape index (κ3) is 2.90. The van der Waals surface area contributed by atoms with Gasteiger partial charge in [0.2, 0.25) is 5.91 Å². The molecule has 0 aromatic carbocycles. The summed E-state index contributed by atoms with van der Waals surface area (Å²) in [6.45, 7) is 4.50. The minimum atomic E-state index is -0.215. The predicted molar refractivity (Wildman–Crippen MR) is 69.9 cm³/mol. The Morgan fingerprint density at radius 1 is 1.61 bits per heavy atom. The van der Waals surface area contributed by atoms with Gasteiger partial charge in [-0.2, -0.15) is 5.10 Å². The van der Waals surface area contributed by atoms with Crippen molar-refractivity contribution in [3.63, 3.8) is 0 Å². The monoisotopic (exact) mass is 250 g/mol. The number of carbonyl (C=O) groups is 1. The Balaban J connectivity index is 1.95. The first-order chi connectivity index (χ1) is 8.77. The molecule has 1 atom stereocenters. The van der Waals surface area contributed by atoms with Crippen LogP contribution in [0, 0.1) is 5.41 Å². The zero-order chi connectivity index (χ0) is 12.8. The van der Waals surface area contributed by atoms with Gasteiger partial charge >= 0.3 is 0 Å². The number of nitrogens with one attached hydrogen (secondary N) is 3. The highest BCUT2D eigenvalue weighted by atomic mass is 16.2. The normalized spacial score (nSPS) is 23.8. The van der Waals surface area contributed by atoms with E-state index in [1.807, 2.05) is 6.07 Å². The highest BCUT2D eigenvalue weighted by molar-refractivity contribution is 5.83. The maximum absolute atomic E-state index is 12.4. The molecule has 100 valence electrons. The fourth-order valence-corrected chi connectivity index (χ4v) is 2.71. The smallest absolute Gasteiger partial charge is 0.227 e. The van der Waals surface area contributed by atoms with Crippen molar-refractivity contribution >= 4 is 5.91 Å². The molecule has 3 N–H and O–H groups in total. The maximum atomic E-state index is 12.4. The van der Waals surface area contributed by atoms with Crippen molar-refractivity contribution in [1.29, 1.82) is 0 Å². The summed E-state index contributed by atoms with van der Waals surface area (Å²) in [4.78, 5) is 12.4. The number of aromatic nitrogens is 2. The van der Waals surface area contributed by atoms with E-state index in [9.17, 15) is 4.79 Å². The van der Waals surface area contributed by atoms with E-state index in [0.29, 0.717) is 6.54 Å².